The fourth-order valence-corrected chi connectivity index (χ4v) is 3.04. The molecular formula is C19H19N7O2. The van der Waals surface area contributed by atoms with Crippen molar-refractivity contribution in [2.45, 2.75) is 13.0 Å². The Bertz CT molecular complexity index is 1150. The van der Waals surface area contributed by atoms with Gasteiger partial charge in [0.15, 0.2) is 0 Å². The van der Waals surface area contributed by atoms with Gasteiger partial charge in [-0.05, 0) is 19.1 Å². The highest BCUT2D eigenvalue weighted by atomic mass is 16.5. The molecule has 0 saturated heterocycles. The molecule has 9 nitrogen and oxygen atoms in total. The number of benzene rings is 1. The van der Waals surface area contributed by atoms with Crippen LogP contribution in [0.2, 0.25) is 0 Å². The number of hydrogen-bond acceptors (Lipinski definition) is 6. The number of nitrogens with one attached hydrogen (secondary N) is 1. The lowest BCUT2D eigenvalue weighted by atomic mass is 10.0. The first-order chi connectivity index (χ1) is 13.6. The zero-order valence-corrected chi connectivity index (χ0v) is 15.7. The molecule has 1 unspecified atom stereocenters. The second kappa shape index (κ2) is 7.10. The zero-order chi connectivity index (χ0) is 19.7. The molecular weight excluding hydrogens is 358 g/mol. The maximum atomic E-state index is 13.0. The molecule has 28 heavy (non-hydrogen) atoms. The third-order valence-corrected chi connectivity index (χ3v) is 4.47. The number of methoxy groups -OCH3 is 1. The van der Waals surface area contributed by atoms with Gasteiger partial charge in [0.1, 0.15) is 17.6 Å². The molecule has 0 aliphatic rings. The van der Waals surface area contributed by atoms with Gasteiger partial charge in [-0.25, -0.2) is 14.5 Å². The standard InChI is InChI=1S/C19H19N7O2/c1-12-8-9-21-19-23-16(24-26(12)19)18(27)22-15(17-20-10-11-25(17)2)13-6-4-5-7-14(13)28-3/h4-11,15H,1-3H3,(H,22,27). The topological polar surface area (TPSA) is 99.2 Å². The molecule has 1 N–H and O–H groups in total. The number of fused-ring (bicyclic) bond motifs is 1. The van der Waals surface area contributed by atoms with Gasteiger partial charge in [0.05, 0.1) is 7.11 Å². The van der Waals surface area contributed by atoms with E-state index in [1.807, 2.05) is 49.0 Å². The van der Waals surface area contributed by atoms with Crippen molar-refractivity contribution in [3.63, 3.8) is 0 Å². The fraction of sp³-hybridized carbons (Fsp3) is 0.211. The van der Waals surface area contributed by atoms with Crippen molar-refractivity contribution in [1.29, 1.82) is 0 Å². The Kier molecular flexibility index (Phi) is 4.48. The van der Waals surface area contributed by atoms with Crippen molar-refractivity contribution >= 4 is 11.7 Å². The number of aromatic nitrogens is 6. The summed E-state index contributed by atoms with van der Waals surface area (Å²) in [6.07, 6.45) is 5.13. The third kappa shape index (κ3) is 3.07. The van der Waals surface area contributed by atoms with Crippen molar-refractivity contribution < 1.29 is 9.53 Å². The number of carbonyl (C=O) groups is 1. The van der Waals surface area contributed by atoms with Gasteiger partial charge in [-0.2, -0.15) is 4.98 Å². The summed E-state index contributed by atoms with van der Waals surface area (Å²) in [7, 11) is 3.46. The molecule has 0 spiro atoms. The molecule has 1 amide bonds. The average molecular weight is 377 g/mol. The highest BCUT2D eigenvalue weighted by Crippen LogP contribution is 2.29. The number of aryl methyl sites for hydroxylation is 2. The molecule has 4 rings (SSSR count). The number of ether oxygens (including phenoxy) is 1. The number of rotatable bonds is 5. The third-order valence-electron chi connectivity index (χ3n) is 4.47. The van der Waals surface area contributed by atoms with E-state index < -0.39 is 11.9 Å². The Labute approximate surface area is 161 Å². The molecule has 0 saturated carbocycles. The number of para-hydroxylation sites is 1. The molecule has 1 atom stereocenters. The summed E-state index contributed by atoms with van der Waals surface area (Å²) >= 11 is 0. The Balaban J connectivity index is 1.74. The summed E-state index contributed by atoms with van der Waals surface area (Å²) in [5.41, 5.74) is 1.62. The minimum Gasteiger partial charge on any atom is -0.496 e. The Hall–Kier alpha value is -3.75. The van der Waals surface area contributed by atoms with Gasteiger partial charge in [0.25, 0.3) is 11.7 Å². The number of hydrogen-bond donors (Lipinski definition) is 1. The fourth-order valence-electron chi connectivity index (χ4n) is 3.04. The van der Waals surface area contributed by atoms with E-state index in [0.29, 0.717) is 17.4 Å². The predicted molar refractivity (Wildman–Crippen MR) is 101 cm³/mol. The quantitative estimate of drug-likeness (QED) is 0.568. The molecule has 0 bridgehead atoms. The van der Waals surface area contributed by atoms with E-state index in [1.165, 1.54) is 4.52 Å². The number of carbonyl (C=O) groups excluding carboxylic acids is 1. The van der Waals surface area contributed by atoms with Crippen LogP contribution >= 0.6 is 0 Å². The first-order valence-electron chi connectivity index (χ1n) is 8.68. The van der Waals surface area contributed by atoms with Crippen LogP contribution in [0.3, 0.4) is 0 Å². The zero-order valence-electron chi connectivity index (χ0n) is 15.7. The molecule has 3 aromatic heterocycles. The maximum Gasteiger partial charge on any atom is 0.291 e. The number of nitrogens with zero attached hydrogens (tertiary/aromatic N) is 6. The lowest BCUT2D eigenvalue weighted by Gasteiger charge is -2.20. The molecule has 0 aliphatic heterocycles. The summed E-state index contributed by atoms with van der Waals surface area (Å²) in [5.74, 6) is 1.29. The first-order valence-corrected chi connectivity index (χ1v) is 8.68. The van der Waals surface area contributed by atoms with Crippen molar-refractivity contribution in [2.75, 3.05) is 7.11 Å². The predicted octanol–water partition coefficient (Wildman–Crippen LogP) is 1.69. The molecule has 1 aromatic carbocycles. The van der Waals surface area contributed by atoms with Gasteiger partial charge < -0.3 is 14.6 Å². The van der Waals surface area contributed by atoms with E-state index in [2.05, 4.69) is 25.4 Å². The van der Waals surface area contributed by atoms with Gasteiger partial charge in [0, 0.05) is 36.9 Å². The van der Waals surface area contributed by atoms with Crippen LogP contribution in [0.5, 0.6) is 5.75 Å². The summed E-state index contributed by atoms with van der Waals surface area (Å²) in [6, 6.07) is 8.75. The lowest BCUT2D eigenvalue weighted by Crippen LogP contribution is -2.32. The van der Waals surface area contributed by atoms with Gasteiger partial charge in [-0.3, -0.25) is 4.79 Å². The van der Waals surface area contributed by atoms with Crippen LogP contribution in [0.1, 0.15) is 33.7 Å². The molecule has 0 fully saturated rings. The minimum absolute atomic E-state index is 0.0379. The van der Waals surface area contributed by atoms with Crippen molar-refractivity contribution in [2.24, 2.45) is 7.05 Å². The van der Waals surface area contributed by atoms with Crippen LogP contribution in [-0.4, -0.2) is 42.2 Å². The van der Waals surface area contributed by atoms with Crippen LogP contribution in [0.25, 0.3) is 5.78 Å². The van der Waals surface area contributed by atoms with Gasteiger partial charge in [-0.1, -0.05) is 18.2 Å². The first kappa shape index (κ1) is 17.7. The van der Waals surface area contributed by atoms with E-state index in [0.717, 1.165) is 11.3 Å². The van der Waals surface area contributed by atoms with E-state index in [-0.39, 0.29) is 5.82 Å². The van der Waals surface area contributed by atoms with E-state index in [1.54, 1.807) is 25.6 Å². The van der Waals surface area contributed by atoms with Gasteiger partial charge in [0.2, 0.25) is 5.82 Å². The molecule has 0 aliphatic carbocycles. The molecule has 3 heterocycles. The Morgan fingerprint density at radius 2 is 2.00 bits per heavy atom. The summed E-state index contributed by atoms with van der Waals surface area (Å²) in [4.78, 5) is 25.7. The highest BCUT2D eigenvalue weighted by Gasteiger charge is 2.26. The van der Waals surface area contributed by atoms with E-state index in [4.69, 9.17) is 4.74 Å². The smallest absolute Gasteiger partial charge is 0.291 e. The van der Waals surface area contributed by atoms with E-state index in [9.17, 15) is 4.79 Å². The second-order valence-electron chi connectivity index (χ2n) is 6.28. The molecule has 9 heteroatoms. The number of amides is 1. The van der Waals surface area contributed by atoms with E-state index >= 15 is 0 Å². The van der Waals surface area contributed by atoms with Crippen LogP contribution in [0.15, 0.2) is 48.9 Å². The van der Waals surface area contributed by atoms with Gasteiger partial charge >= 0.3 is 0 Å². The van der Waals surface area contributed by atoms with Crippen molar-refractivity contribution in [3.8, 4) is 5.75 Å². The molecule has 142 valence electrons. The van der Waals surface area contributed by atoms with Crippen molar-refractivity contribution in [3.05, 3.63) is 71.8 Å². The maximum absolute atomic E-state index is 13.0. The summed E-state index contributed by atoms with van der Waals surface area (Å²) in [6.45, 7) is 1.87. The summed E-state index contributed by atoms with van der Waals surface area (Å²) in [5, 5.41) is 7.26. The van der Waals surface area contributed by atoms with Crippen molar-refractivity contribution in [1.82, 2.24) is 34.4 Å². The van der Waals surface area contributed by atoms with Crippen LogP contribution in [-0.2, 0) is 7.05 Å². The monoisotopic (exact) mass is 377 g/mol. The Morgan fingerprint density at radius 1 is 1.18 bits per heavy atom. The SMILES string of the molecule is COc1ccccc1C(NC(=O)c1nc2nccc(C)n2n1)c1nccn1C. The Morgan fingerprint density at radius 3 is 2.71 bits per heavy atom. The summed E-state index contributed by atoms with van der Waals surface area (Å²) < 4.78 is 8.86. The van der Waals surface area contributed by atoms with Gasteiger partial charge in [-0.15, -0.1) is 5.10 Å². The minimum atomic E-state index is -0.538. The second-order valence-corrected chi connectivity index (χ2v) is 6.28. The largest absolute Gasteiger partial charge is 0.496 e. The molecule has 4 aromatic rings. The van der Waals surface area contributed by atoms with Crippen LogP contribution in [0.4, 0.5) is 0 Å². The lowest BCUT2D eigenvalue weighted by molar-refractivity contribution is 0.0930. The number of imidazole rings is 1. The average Bonchev–Trinajstić information content (AvgIpc) is 3.33. The van der Waals surface area contributed by atoms with Crippen LogP contribution < -0.4 is 10.1 Å². The molecule has 0 radical (unpaired) electrons. The highest BCUT2D eigenvalue weighted by molar-refractivity contribution is 5.91. The van der Waals surface area contributed by atoms with Crippen LogP contribution in [0, 0.1) is 6.92 Å². The normalized spacial score (nSPS) is 12.1.